The van der Waals surface area contributed by atoms with Gasteiger partial charge in [-0.3, -0.25) is 4.79 Å². The van der Waals surface area contributed by atoms with Crippen LogP contribution in [0.5, 0.6) is 5.75 Å². The molecule has 1 aromatic carbocycles. The minimum Gasteiger partial charge on any atom is -0.497 e. The fourth-order valence-corrected chi connectivity index (χ4v) is 4.12. The first kappa shape index (κ1) is 12.0. The average molecular weight is 269 g/mol. The molecule has 1 amide bonds. The lowest BCUT2D eigenvalue weighted by Crippen LogP contribution is -2.43. The Morgan fingerprint density at radius 2 is 2.15 bits per heavy atom. The van der Waals surface area contributed by atoms with Gasteiger partial charge in [0.1, 0.15) is 5.75 Å². The molecular formula is C17H19NO2. The van der Waals surface area contributed by atoms with Crippen LogP contribution in [0.15, 0.2) is 24.3 Å². The second-order valence-electron chi connectivity index (χ2n) is 5.98. The van der Waals surface area contributed by atoms with Gasteiger partial charge in [0.05, 0.1) is 7.11 Å². The highest BCUT2D eigenvalue weighted by Crippen LogP contribution is 2.44. The molecule has 0 bridgehead atoms. The molecular weight excluding hydrogens is 250 g/mol. The Morgan fingerprint density at radius 1 is 1.25 bits per heavy atom. The predicted octanol–water partition coefficient (Wildman–Crippen LogP) is 2.65. The number of methoxy groups -OCH3 is 1. The number of hydrogen-bond acceptors (Lipinski definition) is 2. The second-order valence-corrected chi connectivity index (χ2v) is 5.98. The minimum absolute atomic E-state index is 0.339. The summed E-state index contributed by atoms with van der Waals surface area (Å²) < 4.78 is 5.33. The second kappa shape index (κ2) is 4.37. The smallest absolute Gasteiger partial charge is 0.223 e. The van der Waals surface area contributed by atoms with Gasteiger partial charge < -0.3 is 9.64 Å². The van der Waals surface area contributed by atoms with Gasteiger partial charge in [-0.1, -0.05) is 12.1 Å². The summed E-state index contributed by atoms with van der Waals surface area (Å²) in [5, 5.41) is 0. The molecule has 1 aromatic rings. The maximum atomic E-state index is 11.9. The van der Waals surface area contributed by atoms with Gasteiger partial charge in [0.2, 0.25) is 5.91 Å². The van der Waals surface area contributed by atoms with Crippen LogP contribution in [-0.4, -0.2) is 30.5 Å². The van der Waals surface area contributed by atoms with Gasteiger partial charge in [-0.25, -0.2) is 0 Å². The molecule has 0 radical (unpaired) electrons. The van der Waals surface area contributed by atoms with E-state index in [4.69, 9.17) is 4.74 Å². The molecule has 2 heterocycles. The SMILES string of the molecule is COc1ccc2c(c1)CCC1C2=CCN2C(=O)CCC12. The Balaban J connectivity index is 1.75. The molecule has 1 fully saturated rings. The van der Waals surface area contributed by atoms with Crippen LogP contribution in [0, 0.1) is 5.92 Å². The fraction of sp³-hybridized carbons (Fsp3) is 0.471. The summed E-state index contributed by atoms with van der Waals surface area (Å²) in [6.07, 6.45) is 6.28. The van der Waals surface area contributed by atoms with Crippen molar-refractivity contribution in [3.63, 3.8) is 0 Å². The van der Waals surface area contributed by atoms with Crippen LogP contribution >= 0.6 is 0 Å². The van der Waals surface area contributed by atoms with Crippen LogP contribution in [0.2, 0.25) is 0 Å². The number of rotatable bonds is 1. The van der Waals surface area contributed by atoms with E-state index in [0.29, 0.717) is 17.9 Å². The van der Waals surface area contributed by atoms with Crippen molar-refractivity contribution in [3.05, 3.63) is 35.4 Å². The van der Waals surface area contributed by atoms with Gasteiger partial charge >= 0.3 is 0 Å². The molecule has 0 saturated carbocycles. The first-order chi connectivity index (χ1) is 9.78. The maximum Gasteiger partial charge on any atom is 0.223 e. The molecule has 2 unspecified atom stereocenters. The van der Waals surface area contributed by atoms with E-state index in [1.54, 1.807) is 7.11 Å². The first-order valence-electron chi connectivity index (χ1n) is 7.45. The lowest BCUT2D eigenvalue weighted by molar-refractivity contribution is -0.129. The highest BCUT2D eigenvalue weighted by molar-refractivity contribution is 5.82. The molecule has 0 spiro atoms. The number of amides is 1. The van der Waals surface area contributed by atoms with Crippen LogP contribution in [0.3, 0.4) is 0 Å². The maximum absolute atomic E-state index is 11.9. The third-order valence-corrected chi connectivity index (χ3v) is 5.09. The van der Waals surface area contributed by atoms with Crippen molar-refractivity contribution < 1.29 is 9.53 Å². The minimum atomic E-state index is 0.339. The highest BCUT2D eigenvalue weighted by Gasteiger charge is 2.41. The molecule has 0 aromatic heterocycles. The Bertz CT molecular complexity index is 605. The fourth-order valence-electron chi connectivity index (χ4n) is 4.12. The van der Waals surface area contributed by atoms with Crippen LogP contribution < -0.4 is 4.74 Å². The van der Waals surface area contributed by atoms with Crippen molar-refractivity contribution in [2.75, 3.05) is 13.7 Å². The third kappa shape index (κ3) is 1.62. The first-order valence-corrected chi connectivity index (χ1v) is 7.45. The Morgan fingerprint density at radius 3 is 3.00 bits per heavy atom. The zero-order valence-electron chi connectivity index (χ0n) is 11.8. The number of aryl methyl sites for hydroxylation is 1. The lowest BCUT2D eigenvalue weighted by atomic mass is 9.73. The summed E-state index contributed by atoms with van der Waals surface area (Å²) in [4.78, 5) is 14.0. The summed E-state index contributed by atoms with van der Waals surface area (Å²) in [6.45, 7) is 0.792. The number of benzene rings is 1. The van der Waals surface area contributed by atoms with Crippen molar-refractivity contribution in [2.45, 2.75) is 31.7 Å². The van der Waals surface area contributed by atoms with Crippen LogP contribution in [0.1, 0.15) is 30.4 Å². The Labute approximate surface area is 119 Å². The van der Waals surface area contributed by atoms with Gasteiger partial charge in [-0.05, 0) is 48.1 Å². The third-order valence-electron chi connectivity index (χ3n) is 5.09. The topological polar surface area (TPSA) is 29.5 Å². The number of carbonyl (C=O) groups excluding carboxylic acids is 1. The summed E-state index contributed by atoms with van der Waals surface area (Å²) in [6, 6.07) is 6.85. The molecule has 3 nitrogen and oxygen atoms in total. The van der Waals surface area contributed by atoms with Crippen LogP contribution in [-0.2, 0) is 11.2 Å². The Hall–Kier alpha value is -1.77. The number of carbonyl (C=O) groups is 1. The van der Waals surface area contributed by atoms with E-state index in [1.807, 2.05) is 6.07 Å². The Kier molecular flexibility index (Phi) is 2.62. The van der Waals surface area contributed by atoms with Crippen molar-refractivity contribution >= 4 is 11.5 Å². The van der Waals surface area contributed by atoms with Gasteiger partial charge in [0.25, 0.3) is 0 Å². The molecule has 20 heavy (non-hydrogen) atoms. The van der Waals surface area contributed by atoms with E-state index in [9.17, 15) is 4.79 Å². The molecule has 0 N–H and O–H groups in total. The number of hydrogen-bond donors (Lipinski definition) is 0. The quantitative estimate of drug-likeness (QED) is 0.784. The van der Waals surface area contributed by atoms with E-state index in [-0.39, 0.29) is 0 Å². The normalized spacial score (nSPS) is 27.6. The number of fused-ring (bicyclic) bond motifs is 5. The van der Waals surface area contributed by atoms with Crippen molar-refractivity contribution in [2.24, 2.45) is 5.92 Å². The standard InChI is InChI=1S/C17H19NO2/c1-20-12-3-5-13-11(10-12)2-4-15-14(13)8-9-18-16(15)6-7-17(18)19/h3,5,8,10,15-16H,2,4,6-7,9H2,1H3. The molecule has 2 aliphatic heterocycles. The van der Waals surface area contributed by atoms with E-state index < -0.39 is 0 Å². The monoisotopic (exact) mass is 269 g/mol. The van der Waals surface area contributed by atoms with Crippen LogP contribution in [0.25, 0.3) is 5.57 Å². The summed E-state index contributed by atoms with van der Waals surface area (Å²) in [5.74, 6) is 1.82. The molecule has 104 valence electrons. The van der Waals surface area contributed by atoms with Gasteiger partial charge in [0.15, 0.2) is 0 Å². The van der Waals surface area contributed by atoms with Crippen molar-refractivity contribution in [3.8, 4) is 5.75 Å². The molecule has 1 aliphatic carbocycles. The van der Waals surface area contributed by atoms with Crippen LogP contribution in [0.4, 0.5) is 0 Å². The predicted molar refractivity (Wildman–Crippen MR) is 77.5 cm³/mol. The van der Waals surface area contributed by atoms with E-state index in [1.165, 1.54) is 16.7 Å². The molecule has 3 aliphatic rings. The van der Waals surface area contributed by atoms with Gasteiger partial charge in [0, 0.05) is 24.9 Å². The zero-order chi connectivity index (χ0) is 13.7. The van der Waals surface area contributed by atoms with Crippen molar-refractivity contribution in [1.82, 2.24) is 4.90 Å². The highest BCUT2D eigenvalue weighted by atomic mass is 16.5. The summed E-state index contributed by atoms with van der Waals surface area (Å²) in [5.41, 5.74) is 4.23. The zero-order valence-corrected chi connectivity index (χ0v) is 11.8. The van der Waals surface area contributed by atoms with Crippen molar-refractivity contribution in [1.29, 1.82) is 0 Å². The summed E-state index contributed by atoms with van der Waals surface area (Å²) >= 11 is 0. The number of nitrogens with zero attached hydrogens (tertiary/aromatic N) is 1. The number of ether oxygens (including phenoxy) is 1. The van der Waals surface area contributed by atoms with Gasteiger partial charge in [-0.15, -0.1) is 0 Å². The van der Waals surface area contributed by atoms with E-state index >= 15 is 0 Å². The molecule has 3 heteroatoms. The molecule has 4 rings (SSSR count). The molecule has 2 atom stereocenters. The average Bonchev–Trinajstić information content (AvgIpc) is 2.88. The molecule has 1 saturated heterocycles. The van der Waals surface area contributed by atoms with Gasteiger partial charge in [-0.2, -0.15) is 0 Å². The van der Waals surface area contributed by atoms with E-state index in [2.05, 4.69) is 23.1 Å². The summed E-state index contributed by atoms with van der Waals surface area (Å²) in [7, 11) is 1.72. The largest absolute Gasteiger partial charge is 0.497 e. The van der Waals surface area contributed by atoms with E-state index in [0.717, 1.165) is 38.0 Å². The lowest BCUT2D eigenvalue weighted by Gasteiger charge is -2.40.